The van der Waals surface area contributed by atoms with Crippen LogP contribution in [0.3, 0.4) is 0 Å². The van der Waals surface area contributed by atoms with Crippen molar-refractivity contribution in [2.24, 2.45) is 5.92 Å². The molecule has 3 nitrogen and oxygen atoms in total. The zero-order chi connectivity index (χ0) is 10.1. The summed E-state index contributed by atoms with van der Waals surface area (Å²) >= 11 is 0. The average molecular weight is 190 g/mol. The maximum absolute atomic E-state index is 11.5. The van der Waals surface area contributed by atoms with Crippen LogP contribution in [0.5, 0.6) is 0 Å². The Morgan fingerprint density at radius 3 is 2.79 bits per heavy atom. The van der Waals surface area contributed by atoms with E-state index in [1.165, 1.54) is 0 Å². The standard InChI is InChI=1S/C11H14N2O/c1-7-5-6-12-8(2)10(7)13-11(14)9-3-4-9/h5-6,9H,3-4H2,1-2H3,(H,13,14). The zero-order valence-corrected chi connectivity index (χ0v) is 8.50. The van der Waals surface area contributed by atoms with Crippen molar-refractivity contribution in [2.45, 2.75) is 26.7 Å². The van der Waals surface area contributed by atoms with Crippen molar-refractivity contribution in [3.05, 3.63) is 23.5 Å². The van der Waals surface area contributed by atoms with E-state index in [1.54, 1.807) is 6.20 Å². The number of pyridine rings is 1. The van der Waals surface area contributed by atoms with Crippen LogP contribution in [0.25, 0.3) is 0 Å². The van der Waals surface area contributed by atoms with Crippen LogP contribution in [0, 0.1) is 19.8 Å². The molecular weight excluding hydrogens is 176 g/mol. The van der Waals surface area contributed by atoms with Crippen molar-refractivity contribution in [1.82, 2.24) is 4.98 Å². The molecule has 0 spiro atoms. The van der Waals surface area contributed by atoms with E-state index in [-0.39, 0.29) is 11.8 Å². The third-order valence-corrected chi connectivity index (χ3v) is 2.55. The molecule has 1 aliphatic carbocycles. The number of carbonyl (C=O) groups is 1. The van der Waals surface area contributed by atoms with Gasteiger partial charge < -0.3 is 5.32 Å². The molecule has 0 radical (unpaired) electrons. The number of carbonyl (C=O) groups excluding carboxylic acids is 1. The fourth-order valence-electron chi connectivity index (χ4n) is 1.45. The van der Waals surface area contributed by atoms with Crippen LogP contribution < -0.4 is 5.32 Å². The number of hydrogen-bond acceptors (Lipinski definition) is 2. The number of hydrogen-bond donors (Lipinski definition) is 1. The molecule has 2 rings (SSSR count). The fourth-order valence-corrected chi connectivity index (χ4v) is 1.45. The summed E-state index contributed by atoms with van der Waals surface area (Å²) in [4.78, 5) is 15.7. The van der Waals surface area contributed by atoms with E-state index in [2.05, 4.69) is 10.3 Å². The van der Waals surface area contributed by atoms with E-state index >= 15 is 0 Å². The minimum Gasteiger partial charge on any atom is -0.324 e. The second-order valence-corrected chi connectivity index (χ2v) is 3.85. The van der Waals surface area contributed by atoms with E-state index in [0.29, 0.717) is 0 Å². The molecule has 1 aliphatic rings. The lowest BCUT2D eigenvalue weighted by Crippen LogP contribution is -2.15. The summed E-state index contributed by atoms with van der Waals surface area (Å²) in [6, 6.07) is 1.91. The summed E-state index contributed by atoms with van der Waals surface area (Å²) in [5, 5.41) is 2.94. The molecule has 1 amide bonds. The predicted molar refractivity (Wildman–Crippen MR) is 55.1 cm³/mol. The normalized spacial score (nSPS) is 15.3. The van der Waals surface area contributed by atoms with Crippen molar-refractivity contribution in [1.29, 1.82) is 0 Å². The Labute approximate surface area is 83.5 Å². The number of nitrogens with zero attached hydrogens (tertiary/aromatic N) is 1. The Bertz CT molecular complexity index is 349. The summed E-state index contributed by atoms with van der Waals surface area (Å²) in [5.41, 5.74) is 2.84. The van der Waals surface area contributed by atoms with E-state index in [0.717, 1.165) is 29.8 Å². The molecule has 0 aromatic carbocycles. The van der Waals surface area contributed by atoms with Crippen molar-refractivity contribution >= 4 is 11.6 Å². The first-order chi connectivity index (χ1) is 6.68. The maximum atomic E-state index is 11.5. The number of aromatic nitrogens is 1. The van der Waals surface area contributed by atoms with E-state index in [1.807, 2.05) is 19.9 Å². The van der Waals surface area contributed by atoms with Gasteiger partial charge in [0.25, 0.3) is 0 Å². The second-order valence-electron chi connectivity index (χ2n) is 3.85. The molecule has 74 valence electrons. The molecule has 0 bridgehead atoms. The summed E-state index contributed by atoms with van der Waals surface area (Å²) in [6.45, 7) is 3.90. The van der Waals surface area contributed by atoms with Crippen molar-refractivity contribution < 1.29 is 4.79 Å². The molecule has 1 saturated carbocycles. The molecule has 1 N–H and O–H groups in total. The van der Waals surface area contributed by atoms with Gasteiger partial charge in [0, 0.05) is 12.1 Å². The molecule has 0 saturated heterocycles. The highest BCUT2D eigenvalue weighted by Crippen LogP contribution is 2.31. The van der Waals surface area contributed by atoms with Gasteiger partial charge in [-0.05, 0) is 38.3 Å². The molecule has 0 atom stereocenters. The molecule has 0 aliphatic heterocycles. The average Bonchev–Trinajstić information content (AvgIpc) is 2.94. The molecule has 1 aromatic heterocycles. The van der Waals surface area contributed by atoms with Crippen molar-refractivity contribution in [2.75, 3.05) is 5.32 Å². The first-order valence-electron chi connectivity index (χ1n) is 4.91. The zero-order valence-electron chi connectivity index (χ0n) is 8.50. The van der Waals surface area contributed by atoms with Gasteiger partial charge in [0.15, 0.2) is 0 Å². The second kappa shape index (κ2) is 3.40. The molecule has 1 heterocycles. The Kier molecular flexibility index (Phi) is 2.23. The minimum atomic E-state index is 0.143. The largest absolute Gasteiger partial charge is 0.324 e. The van der Waals surface area contributed by atoms with Gasteiger partial charge in [-0.2, -0.15) is 0 Å². The van der Waals surface area contributed by atoms with Crippen LogP contribution in [0.4, 0.5) is 5.69 Å². The van der Waals surface area contributed by atoms with E-state index in [9.17, 15) is 4.79 Å². The number of nitrogens with one attached hydrogen (secondary N) is 1. The van der Waals surface area contributed by atoms with Gasteiger partial charge >= 0.3 is 0 Å². The smallest absolute Gasteiger partial charge is 0.227 e. The molecule has 14 heavy (non-hydrogen) atoms. The van der Waals surface area contributed by atoms with Crippen LogP contribution in [0.15, 0.2) is 12.3 Å². The lowest BCUT2D eigenvalue weighted by atomic mass is 10.2. The minimum absolute atomic E-state index is 0.143. The summed E-state index contributed by atoms with van der Waals surface area (Å²) < 4.78 is 0. The number of rotatable bonds is 2. The SMILES string of the molecule is Cc1ccnc(C)c1NC(=O)C1CC1. The van der Waals surface area contributed by atoms with E-state index < -0.39 is 0 Å². The first-order valence-corrected chi connectivity index (χ1v) is 4.91. The maximum Gasteiger partial charge on any atom is 0.227 e. The molecule has 3 heteroatoms. The predicted octanol–water partition coefficient (Wildman–Crippen LogP) is 2.05. The Hall–Kier alpha value is -1.38. The van der Waals surface area contributed by atoms with Crippen LogP contribution in [0.1, 0.15) is 24.1 Å². The fraction of sp³-hybridized carbons (Fsp3) is 0.455. The van der Waals surface area contributed by atoms with Gasteiger partial charge in [0.2, 0.25) is 5.91 Å². The molecule has 1 aromatic rings. The van der Waals surface area contributed by atoms with Crippen LogP contribution in [-0.2, 0) is 4.79 Å². The van der Waals surface area contributed by atoms with Crippen molar-refractivity contribution in [3.63, 3.8) is 0 Å². The van der Waals surface area contributed by atoms with Gasteiger partial charge in [0.1, 0.15) is 0 Å². The third kappa shape index (κ3) is 1.76. The summed E-state index contributed by atoms with van der Waals surface area (Å²) in [7, 11) is 0. The number of aryl methyl sites for hydroxylation is 2. The van der Waals surface area contributed by atoms with E-state index in [4.69, 9.17) is 0 Å². The van der Waals surface area contributed by atoms with Crippen LogP contribution >= 0.6 is 0 Å². The number of amides is 1. The monoisotopic (exact) mass is 190 g/mol. The third-order valence-electron chi connectivity index (χ3n) is 2.55. The van der Waals surface area contributed by atoms with Gasteiger partial charge in [0.05, 0.1) is 11.4 Å². The Balaban J connectivity index is 2.18. The van der Waals surface area contributed by atoms with Crippen LogP contribution in [-0.4, -0.2) is 10.9 Å². The van der Waals surface area contributed by atoms with Gasteiger partial charge in [-0.3, -0.25) is 9.78 Å². The molecular formula is C11H14N2O. The number of anilines is 1. The van der Waals surface area contributed by atoms with Gasteiger partial charge in [-0.25, -0.2) is 0 Å². The van der Waals surface area contributed by atoms with Crippen LogP contribution in [0.2, 0.25) is 0 Å². The van der Waals surface area contributed by atoms with Gasteiger partial charge in [-0.15, -0.1) is 0 Å². The highest BCUT2D eigenvalue weighted by atomic mass is 16.2. The summed E-state index contributed by atoms with van der Waals surface area (Å²) in [5.74, 6) is 0.387. The molecule has 0 unspecified atom stereocenters. The van der Waals surface area contributed by atoms with Crippen molar-refractivity contribution in [3.8, 4) is 0 Å². The Morgan fingerprint density at radius 1 is 1.50 bits per heavy atom. The quantitative estimate of drug-likeness (QED) is 0.775. The lowest BCUT2D eigenvalue weighted by molar-refractivity contribution is -0.117. The highest BCUT2D eigenvalue weighted by Gasteiger charge is 2.30. The first kappa shape index (κ1) is 9.19. The highest BCUT2D eigenvalue weighted by molar-refractivity contribution is 5.95. The lowest BCUT2D eigenvalue weighted by Gasteiger charge is -2.09. The summed E-state index contributed by atoms with van der Waals surface area (Å²) in [6.07, 6.45) is 3.83. The molecule has 1 fully saturated rings. The van der Waals surface area contributed by atoms with Gasteiger partial charge in [-0.1, -0.05) is 0 Å². The Morgan fingerprint density at radius 2 is 2.21 bits per heavy atom. The topological polar surface area (TPSA) is 42.0 Å².